The van der Waals surface area contributed by atoms with Crippen LogP contribution in [0.4, 0.5) is 0 Å². The van der Waals surface area contributed by atoms with E-state index in [0.717, 1.165) is 28.2 Å². The Balaban J connectivity index is 1.84. The van der Waals surface area contributed by atoms with Gasteiger partial charge >= 0.3 is 0 Å². The van der Waals surface area contributed by atoms with E-state index in [9.17, 15) is 0 Å². The first kappa shape index (κ1) is 13.0. The second kappa shape index (κ2) is 4.96. The molecule has 0 radical (unpaired) electrons. The maximum absolute atomic E-state index is 5.97. The first-order chi connectivity index (χ1) is 10.7. The van der Waals surface area contributed by atoms with Gasteiger partial charge in [-0.3, -0.25) is 9.08 Å². The number of aryl methyl sites for hydroxylation is 1. The minimum absolute atomic E-state index is 0.472. The summed E-state index contributed by atoms with van der Waals surface area (Å²) < 4.78 is 3.78. The van der Waals surface area contributed by atoms with Crippen LogP contribution in [0.5, 0.6) is 0 Å². The summed E-state index contributed by atoms with van der Waals surface area (Å²) in [6.07, 6.45) is 7.62. The molecule has 4 heterocycles. The molecule has 0 unspecified atom stereocenters. The molecule has 6 heteroatoms. The molecule has 22 heavy (non-hydrogen) atoms. The summed E-state index contributed by atoms with van der Waals surface area (Å²) in [5.41, 5.74) is 4.72. The Kier molecular flexibility index (Phi) is 2.94. The van der Waals surface area contributed by atoms with E-state index in [1.165, 1.54) is 0 Å². The van der Waals surface area contributed by atoms with Gasteiger partial charge < -0.3 is 0 Å². The van der Waals surface area contributed by atoms with E-state index in [4.69, 9.17) is 11.6 Å². The van der Waals surface area contributed by atoms with Crippen molar-refractivity contribution >= 4 is 17.2 Å². The lowest BCUT2D eigenvalue weighted by Crippen LogP contribution is -1.91. The Bertz CT molecular complexity index is 970. The Hall–Kier alpha value is -2.66. The van der Waals surface area contributed by atoms with Crippen molar-refractivity contribution in [2.24, 2.45) is 7.05 Å². The molecule has 0 amide bonds. The summed E-state index contributed by atoms with van der Waals surface area (Å²) >= 11 is 5.97. The van der Waals surface area contributed by atoms with Crippen molar-refractivity contribution in [1.82, 2.24) is 24.1 Å². The maximum atomic E-state index is 5.97. The Labute approximate surface area is 131 Å². The van der Waals surface area contributed by atoms with Gasteiger partial charge in [0.05, 0.1) is 23.8 Å². The number of pyridine rings is 2. The van der Waals surface area contributed by atoms with Gasteiger partial charge in [-0.25, -0.2) is 9.97 Å². The monoisotopic (exact) mass is 309 g/mol. The van der Waals surface area contributed by atoms with Gasteiger partial charge in [0.25, 0.3) is 0 Å². The second-order valence-electron chi connectivity index (χ2n) is 5.04. The smallest absolute Gasteiger partial charge is 0.137 e. The zero-order chi connectivity index (χ0) is 15.1. The van der Waals surface area contributed by atoms with Crippen molar-refractivity contribution in [3.8, 4) is 22.5 Å². The fraction of sp³-hybridized carbons (Fsp3) is 0.0625. The van der Waals surface area contributed by atoms with Crippen molar-refractivity contribution in [2.45, 2.75) is 0 Å². The Morgan fingerprint density at radius 3 is 2.77 bits per heavy atom. The standard InChI is InChI=1S/C16H12ClN5/c1-21-10-12(8-19-21)11-5-6-22-14(9-18-16(22)7-11)13-3-2-4-15(17)20-13/h2-10H,1H3. The molecule has 4 aromatic heterocycles. The average Bonchev–Trinajstić information content (AvgIpc) is 3.12. The molecule has 108 valence electrons. The van der Waals surface area contributed by atoms with Gasteiger partial charge in [-0.05, 0) is 29.8 Å². The lowest BCUT2D eigenvalue weighted by molar-refractivity contribution is 0.768. The summed E-state index contributed by atoms with van der Waals surface area (Å²) in [6, 6.07) is 9.64. The summed E-state index contributed by atoms with van der Waals surface area (Å²) in [4.78, 5) is 8.81. The van der Waals surface area contributed by atoms with Gasteiger partial charge in [-0.15, -0.1) is 0 Å². The van der Waals surface area contributed by atoms with Gasteiger partial charge in [0.2, 0.25) is 0 Å². The zero-order valence-corrected chi connectivity index (χ0v) is 12.6. The van der Waals surface area contributed by atoms with Crippen molar-refractivity contribution in [3.05, 3.63) is 60.3 Å². The summed E-state index contributed by atoms with van der Waals surface area (Å²) in [7, 11) is 1.90. The van der Waals surface area contributed by atoms with Gasteiger partial charge in [-0.1, -0.05) is 17.7 Å². The van der Waals surface area contributed by atoms with Crippen molar-refractivity contribution in [3.63, 3.8) is 0 Å². The molecule has 4 aromatic rings. The maximum Gasteiger partial charge on any atom is 0.137 e. The van der Waals surface area contributed by atoms with Gasteiger partial charge in [0.15, 0.2) is 0 Å². The summed E-state index contributed by atoms with van der Waals surface area (Å²) in [5, 5.41) is 4.67. The molecule has 5 nitrogen and oxygen atoms in total. The highest BCUT2D eigenvalue weighted by Crippen LogP contribution is 2.24. The van der Waals surface area contributed by atoms with Crippen LogP contribution in [-0.4, -0.2) is 24.1 Å². The molecule has 0 fully saturated rings. The molecular formula is C16H12ClN5. The van der Waals surface area contributed by atoms with Crippen molar-refractivity contribution in [2.75, 3.05) is 0 Å². The number of aromatic nitrogens is 5. The molecule has 0 aliphatic carbocycles. The number of rotatable bonds is 2. The fourth-order valence-electron chi connectivity index (χ4n) is 2.47. The molecule has 4 rings (SSSR count). The first-order valence-corrected chi connectivity index (χ1v) is 7.17. The van der Waals surface area contributed by atoms with Crippen LogP contribution in [0.3, 0.4) is 0 Å². The number of hydrogen-bond donors (Lipinski definition) is 0. The molecule has 0 aromatic carbocycles. The highest BCUT2D eigenvalue weighted by Gasteiger charge is 2.09. The van der Waals surface area contributed by atoms with Gasteiger partial charge in [0.1, 0.15) is 10.8 Å². The Morgan fingerprint density at radius 1 is 1.09 bits per heavy atom. The molecule has 0 saturated heterocycles. The molecule has 0 N–H and O–H groups in total. The van der Waals surface area contributed by atoms with E-state index in [1.807, 2.05) is 54.3 Å². The van der Waals surface area contributed by atoms with E-state index in [1.54, 1.807) is 16.9 Å². The van der Waals surface area contributed by atoms with Crippen LogP contribution in [0.15, 0.2) is 55.1 Å². The lowest BCUT2D eigenvalue weighted by Gasteiger charge is -2.03. The lowest BCUT2D eigenvalue weighted by atomic mass is 10.1. The normalized spacial score (nSPS) is 11.2. The van der Waals surface area contributed by atoms with Crippen LogP contribution >= 0.6 is 11.6 Å². The second-order valence-corrected chi connectivity index (χ2v) is 5.42. The fourth-order valence-corrected chi connectivity index (χ4v) is 2.63. The Morgan fingerprint density at radius 2 is 2.00 bits per heavy atom. The third-order valence-corrected chi connectivity index (χ3v) is 3.74. The number of imidazole rings is 1. The quantitative estimate of drug-likeness (QED) is 0.533. The third kappa shape index (κ3) is 2.16. The summed E-state index contributed by atoms with van der Waals surface area (Å²) in [6.45, 7) is 0. The first-order valence-electron chi connectivity index (χ1n) is 6.80. The van der Waals surface area contributed by atoms with Crippen molar-refractivity contribution < 1.29 is 0 Å². The van der Waals surface area contributed by atoms with Crippen LogP contribution in [0, 0.1) is 0 Å². The van der Waals surface area contributed by atoms with Crippen LogP contribution in [0.25, 0.3) is 28.2 Å². The number of hydrogen-bond acceptors (Lipinski definition) is 3. The predicted octanol–water partition coefficient (Wildman–Crippen LogP) is 3.45. The molecule has 0 atom stereocenters. The SMILES string of the molecule is Cn1cc(-c2ccn3c(-c4cccc(Cl)n4)cnc3c2)cn1. The largest absolute Gasteiger partial charge is 0.298 e. The van der Waals surface area contributed by atoms with Crippen LogP contribution in [0.2, 0.25) is 5.15 Å². The zero-order valence-electron chi connectivity index (χ0n) is 11.8. The molecule has 0 aliphatic heterocycles. The number of halogens is 1. The van der Waals surface area contributed by atoms with E-state index in [0.29, 0.717) is 5.15 Å². The van der Waals surface area contributed by atoms with E-state index >= 15 is 0 Å². The highest BCUT2D eigenvalue weighted by molar-refractivity contribution is 6.29. The number of nitrogens with zero attached hydrogens (tertiary/aromatic N) is 5. The number of fused-ring (bicyclic) bond motifs is 1. The predicted molar refractivity (Wildman–Crippen MR) is 85.6 cm³/mol. The third-order valence-electron chi connectivity index (χ3n) is 3.53. The topological polar surface area (TPSA) is 48.0 Å². The van der Waals surface area contributed by atoms with E-state index in [-0.39, 0.29) is 0 Å². The minimum Gasteiger partial charge on any atom is -0.298 e. The summed E-state index contributed by atoms with van der Waals surface area (Å²) in [5.74, 6) is 0. The molecule has 0 saturated carbocycles. The molecular weight excluding hydrogens is 298 g/mol. The van der Waals surface area contributed by atoms with Crippen molar-refractivity contribution in [1.29, 1.82) is 0 Å². The van der Waals surface area contributed by atoms with Gasteiger partial charge in [-0.2, -0.15) is 5.10 Å². The highest BCUT2D eigenvalue weighted by atomic mass is 35.5. The molecule has 0 bridgehead atoms. The average molecular weight is 310 g/mol. The van der Waals surface area contributed by atoms with Gasteiger partial charge in [0, 0.05) is 25.0 Å². The molecule has 0 aliphatic rings. The van der Waals surface area contributed by atoms with Crippen LogP contribution < -0.4 is 0 Å². The molecule has 0 spiro atoms. The van der Waals surface area contributed by atoms with Crippen LogP contribution in [0.1, 0.15) is 0 Å². The minimum atomic E-state index is 0.472. The van der Waals surface area contributed by atoms with E-state index in [2.05, 4.69) is 15.1 Å². The van der Waals surface area contributed by atoms with Crippen LogP contribution in [-0.2, 0) is 7.05 Å². The van der Waals surface area contributed by atoms with E-state index < -0.39 is 0 Å².